The Bertz CT molecular complexity index is 1680. The first-order valence-corrected chi connectivity index (χ1v) is 20.7. The molecule has 5 aliphatic rings. The predicted molar refractivity (Wildman–Crippen MR) is 196 cm³/mol. The zero-order chi connectivity index (χ0) is 38.0. The Morgan fingerprint density at radius 2 is 1.76 bits per heavy atom. The van der Waals surface area contributed by atoms with E-state index in [4.69, 9.17) is 20.3 Å². The fourth-order valence-electron chi connectivity index (χ4n) is 12.2. The highest BCUT2D eigenvalue weighted by atomic mass is 32.2. The van der Waals surface area contributed by atoms with E-state index in [1.54, 1.807) is 4.68 Å². The first-order chi connectivity index (χ1) is 23.3. The maximum Gasteiger partial charge on any atom is 0.307 e. The van der Waals surface area contributed by atoms with Crippen molar-refractivity contribution in [2.45, 2.75) is 138 Å². The summed E-state index contributed by atoms with van der Waals surface area (Å²) in [5, 5.41) is 20.6. The number of hydrogen-bond acceptors (Lipinski definition) is 8. The average molecular weight is 732 g/mol. The number of hydrogen-bond donors (Lipinski definition) is 3. The van der Waals surface area contributed by atoms with Crippen molar-refractivity contribution >= 4 is 16.0 Å². The molecule has 11 nitrogen and oxygen atoms in total. The number of nitrogens with two attached hydrogens (primary N) is 2. The van der Waals surface area contributed by atoms with Crippen molar-refractivity contribution in [1.82, 2.24) is 14.8 Å². The van der Waals surface area contributed by atoms with Gasteiger partial charge in [-0.15, -0.1) is 5.10 Å². The summed E-state index contributed by atoms with van der Waals surface area (Å²) < 4.78 is 40.0. The third kappa shape index (κ3) is 5.53. The second-order valence-corrected chi connectivity index (χ2v) is 21.5. The van der Waals surface area contributed by atoms with Crippen molar-refractivity contribution in [3.05, 3.63) is 18.0 Å². The third-order valence-electron chi connectivity index (χ3n) is 16.4. The normalized spacial score (nSPS) is 42.9. The second kappa shape index (κ2) is 12.1. The van der Waals surface area contributed by atoms with E-state index < -0.39 is 43.4 Å². The lowest BCUT2D eigenvalue weighted by atomic mass is 9.34. The molecule has 1 saturated heterocycles. The fourth-order valence-corrected chi connectivity index (χ4v) is 12.6. The molecule has 3 saturated carbocycles. The number of primary sulfonamides is 1. The maximum absolute atomic E-state index is 13.5. The van der Waals surface area contributed by atoms with Crippen LogP contribution in [0, 0.1) is 62.1 Å². The predicted octanol–water partition coefficient (Wildman–Crippen LogP) is 6.20. The van der Waals surface area contributed by atoms with E-state index in [1.165, 1.54) is 11.9 Å². The van der Waals surface area contributed by atoms with Crippen molar-refractivity contribution in [1.29, 1.82) is 0 Å². The van der Waals surface area contributed by atoms with Crippen LogP contribution in [0.1, 0.15) is 121 Å². The summed E-state index contributed by atoms with van der Waals surface area (Å²) in [6, 6.07) is -0.358. The molecule has 6 rings (SSSR count). The summed E-state index contributed by atoms with van der Waals surface area (Å²) in [4.78, 5) is 17.6. The second-order valence-electron chi connectivity index (χ2n) is 20.1. The third-order valence-corrected chi connectivity index (χ3v) is 17.1. The Hall–Kier alpha value is -1.86. The largest absolute Gasteiger partial charge is 0.481 e. The van der Waals surface area contributed by atoms with E-state index in [0.717, 1.165) is 25.7 Å². The van der Waals surface area contributed by atoms with E-state index in [2.05, 4.69) is 85.4 Å². The number of aromatic nitrogens is 3. The standard InChI is InChI=1S/C39H65N5O6S/c1-23(2)24(3)34(7)16-17-36(9)25-12-13-28-35(8)19-49-21-39(28,26(25)14-15-37(36,10)29(34)31(45)46)18-27(44-22-42-32(43-44)51(41,47)48)30(35)50-20-38(11,40)33(4,5)6/h14,22-25,27-30H,12-13,15-21,40H2,1-11H3,(H,45,46)(H2,41,47,48)/t24-,25+,27-,28+,29-,30+,34-,35-,36-,37+,38+,39+/m1/s1. The summed E-state index contributed by atoms with van der Waals surface area (Å²) >= 11 is 0. The number of aliphatic carboxylic acids is 1. The molecule has 4 aliphatic carbocycles. The molecule has 0 radical (unpaired) electrons. The number of carboxylic acid groups (broad SMARTS) is 1. The minimum atomic E-state index is -4.12. The summed E-state index contributed by atoms with van der Waals surface area (Å²) in [5.41, 5.74) is 5.62. The molecule has 0 spiro atoms. The van der Waals surface area contributed by atoms with E-state index >= 15 is 0 Å². The monoisotopic (exact) mass is 731 g/mol. The molecule has 1 aromatic heterocycles. The van der Waals surface area contributed by atoms with Gasteiger partial charge in [0, 0.05) is 16.4 Å². The molecule has 0 amide bonds. The number of carboxylic acids is 1. The number of allylic oxidation sites excluding steroid dienone is 1. The van der Waals surface area contributed by atoms with Gasteiger partial charge in [0.2, 0.25) is 0 Å². The van der Waals surface area contributed by atoms with Gasteiger partial charge in [-0.3, -0.25) is 4.79 Å². The maximum atomic E-state index is 13.5. The van der Waals surface area contributed by atoms with Gasteiger partial charge in [0.05, 0.1) is 37.9 Å². The van der Waals surface area contributed by atoms with Gasteiger partial charge in [0.25, 0.3) is 15.2 Å². The van der Waals surface area contributed by atoms with Gasteiger partial charge >= 0.3 is 5.97 Å². The van der Waals surface area contributed by atoms with Gasteiger partial charge in [-0.05, 0) is 90.8 Å². The minimum Gasteiger partial charge on any atom is -0.481 e. The lowest BCUT2D eigenvalue weighted by Gasteiger charge is -2.71. The molecule has 51 heavy (non-hydrogen) atoms. The van der Waals surface area contributed by atoms with Crippen LogP contribution in [-0.2, 0) is 24.3 Å². The van der Waals surface area contributed by atoms with Crippen LogP contribution in [0.25, 0.3) is 0 Å². The Labute approximate surface area is 306 Å². The zero-order valence-corrected chi connectivity index (χ0v) is 33.8. The van der Waals surface area contributed by atoms with Crippen LogP contribution in [0.5, 0.6) is 0 Å². The summed E-state index contributed by atoms with van der Waals surface area (Å²) in [6.07, 6.45) is 8.63. The smallest absolute Gasteiger partial charge is 0.307 e. The van der Waals surface area contributed by atoms with E-state index in [-0.39, 0.29) is 51.6 Å². The van der Waals surface area contributed by atoms with Crippen LogP contribution in [0.3, 0.4) is 0 Å². The van der Waals surface area contributed by atoms with Gasteiger partial charge in [0.1, 0.15) is 6.33 Å². The highest BCUT2D eigenvalue weighted by molar-refractivity contribution is 7.89. The first kappa shape index (κ1) is 38.9. The van der Waals surface area contributed by atoms with Gasteiger partial charge in [0.15, 0.2) is 0 Å². The molecule has 12 atom stereocenters. The van der Waals surface area contributed by atoms with Crippen LogP contribution < -0.4 is 10.9 Å². The van der Waals surface area contributed by atoms with Gasteiger partial charge < -0.3 is 20.3 Å². The number of nitrogens with zero attached hydrogens (tertiary/aromatic N) is 3. The Morgan fingerprint density at radius 3 is 2.33 bits per heavy atom. The molecular formula is C39H65N5O6S. The molecule has 0 aromatic carbocycles. The van der Waals surface area contributed by atoms with Crippen LogP contribution in [0.15, 0.2) is 23.1 Å². The quantitative estimate of drug-likeness (QED) is 0.263. The molecule has 4 fully saturated rings. The molecule has 12 heteroatoms. The number of sulfonamides is 1. The van der Waals surface area contributed by atoms with Crippen molar-refractivity contribution in [2.75, 3.05) is 19.8 Å². The average Bonchev–Trinajstić information content (AvgIpc) is 3.51. The summed E-state index contributed by atoms with van der Waals surface area (Å²) in [6.45, 7) is 25.5. The Morgan fingerprint density at radius 1 is 1.10 bits per heavy atom. The number of carbonyl (C=O) groups is 1. The Kier molecular flexibility index (Phi) is 9.20. The van der Waals surface area contributed by atoms with Gasteiger partial charge in [-0.2, -0.15) is 0 Å². The van der Waals surface area contributed by atoms with Crippen LogP contribution in [0.4, 0.5) is 0 Å². The lowest BCUT2D eigenvalue weighted by Crippen LogP contribution is -2.69. The molecule has 2 bridgehead atoms. The van der Waals surface area contributed by atoms with Crippen molar-refractivity contribution in [2.24, 2.45) is 73.0 Å². The van der Waals surface area contributed by atoms with Crippen LogP contribution in [0.2, 0.25) is 0 Å². The van der Waals surface area contributed by atoms with E-state index in [1.807, 2.05) is 6.92 Å². The SMILES string of the molecule is CC(C)[C@@H](C)[C@@]1(C)CC[C@]2(C)[C@H]3CC[C@@H]4[C@@]5(COC[C@@]4(C)[C@@H](OC[C@](C)(N)C(C)(C)C)[C@H](n4cnc(S(N)(=O)=O)n4)C5)C3=CC[C@@]2(C)[C@@H]1C(=O)O. The van der Waals surface area contributed by atoms with Crippen LogP contribution in [-0.4, -0.2) is 65.7 Å². The Balaban J connectivity index is 1.47. The van der Waals surface area contributed by atoms with E-state index in [9.17, 15) is 18.3 Å². The number of fused-ring (bicyclic) bond motifs is 3. The molecule has 1 aromatic rings. The van der Waals surface area contributed by atoms with Crippen molar-refractivity contribution in [3.8, 4) is 0 Å². The lowest BCUT2D eigenvalue weighted by molar-refractivity contribution is -0.253. The molecule has 5 N–H and O–H groups in total. The van der Waals surface area contributed by atoms with Gasteiger partial charge in [-0.25, -0.2) is 23.2 Å². The summed E-state index contributed by atoms with van der Waals surface area (Å²) in [7, 11) is -4.12. The number of rotatable bonds is 8. The minimum absolute atomic E-state index is 0.196. The fraction of sp³-hybridized carbons (Fsp3) is 0.872. The van der Waals surface area contributed by atoms with Crippen molar-refractivity contribution < 1.29 is 27.8 Å². The molecule has 1 aliphatic heterocycles. The molecule has 288 valence electrons. The highest BCUT2D eigenvalue weighted by Crippen LogP contribution is 2.75. The van der Waals surface area contributed by atoms with E-state index in [0.29, 0.717) is 38.6 Å². The van der Waals surface area contributed by atoms with Crippen molar-refractivity contribution in [3.63, 3.8) is 0 Å². The van der Waals surface area contributed by atoms with Crippen LogP contribution >= 0.6 is 0 Å². The molecule has 0 unspecified atom stereocenters. The zero-order valence-electron chi connectivity index (χ0n) is 33.0. The van der Waals surface area contributed by atoms with Gasteiger partial charge in [-0.1, -0.05) is 80.9 Å². The topological polar surface area (TPSA) is 173 Å². The molecular weight excluding hydrogens is 667 g/mol. The first-order valence-electron chi connectivity index (χ1n) is 19.2. The highest BCUT2D eigenvalue weighted by Gasteiger charge is 2.72. The summed E-state index contributed by atoms with van der Waals surface area (Å²) in [5.74, 6) is -0.0673. The molecule has 2 heterocycles. The number of ether oxygens (including phenoxy) is 2.